The Labute approximate surface area is 282 Å². The molecule has 2 heterocycles. The molecule has 1 aliphatic heterocycles. The lowest BCUT2D eigenvalue weighted by molar-refractivity contribution is 0.982. The summed E-state index contributed by atoms with van der Waals surface area (Å²) in [5.74, 6) is 0.993. The fourth-order valence-corrected chi connectivity index (χ4v) is 12.5. The van der Waals surface area contributed by atoms with Crippen molar-refractivity contribution < 1.29 is 0 Å². The van der Waals surface area contributed by atoms with Gasteiger partial charge in [-0.05, 0) is 75.2 Å². The van der Waals surface area contributed by atoms with Gasteiger partial charge >= 0.3 is 0 Å². The summed E-state index contributed by atoms with van der Waals surface area (Å²) in [5.41, 5.74) is 9.09. The highest BCUT2D eigenvalue weighted by Crippen LogP contribution is 2.47. The van der Waals surface area contributed by atoms with E-state index in [0.29, 0.717) is 0 Å². The van der Waals surface area contributed by atoms with Crippen LogP contribution in [0.4, 0.5) is 17.1 Å². The van der Waals surface area contributed by atoms with Crippen molar-refractivity contribution in [1.29, 1.82) is 0 Å². The standard InChI is InChI=1S/C44H33N3Si/c1-32-45-40-23-14-24-42-44(40)46(32)41-30-27-34(31-43(41)47(42)35-15-6-2-7-16-35)33-25-28-39(29-26-33)48(36-17-8-3-9-18-36,37-19-10-4-11-20-37)38-21-12-5-13-22-38/h2-31H,1H3. The highest BCUT2D eigenvalue weighted by Gasteiger charge is 2.41. The molecule has 0 aliphatic carbocycles. The number of hydrogen-bond acceptors (Lipinski definition) is 2. The van der Waals surface area contributed by atoms with Crippen molar-refractivity contribution in [2.75, 3.05) is 4.90 Å². The lowest BCUT2D eigenvalue weighted by atomic mass is 10.0. The number of para-hydroxylation sites is 2. The predicted molar refractivity (Wildman–Crippen MR) is 203 cm³/mol. The number of aromatic nitrogens is 2. The summed E-state index contributed by atoms with van der Waals surface area (Å²) >= 11 is 0. The van der Waals surface area contributed by atoms with Crippen LogP contribution in [0.25, 0.3) is 27.8 Å². The van der Waals surface area contributed by atoms with Crippen molar-refractivity contribution in [3.05, 3.63) is 188 Å². The Bertz CT molecular complexity index is 2290. The first-order valence-electron chi connectivity index (χ1n) is 16.5. The molecule has 1 aromatic heterocycles. The molecule has 3 nitrogen and oxygen atoms in total. The minimum Gasteiger partial charge on any atom is -0.306 e. The van der Waals surface area contributed by atoms with Crippen LogP contribution in [0.3, 0.4) is 0 Å². The fraction of sp³-hybridized carbons (Fsp3) is 0.0227. The second kappa shape index (κ2) is 11.4. The van der Waals surface area contributed by atoms with Crippen LogP contribution in [-0.2, 0) is 0 Å². The van der Waals surface area contributed by atoms with E-state index in [-0.39, 0.29) is 0 Å². The first-order valence-corrected chi connectivity index (χ1v) is 18.5. The summed E-state index contributed by atoms with van der Waals surface area (Å²) in [4.78, 5) is 7.32. The molecule has 4 heteroatoms. The van der Waals surface area contributed by atoms with Crippen molar-refractivity contribution in [2.24, 2.45) is 0 Å². The van der Waals surface area contributed by atoms with Crippen molar-refractivity contribution in [2.45, 2.75) is 6.92 Å². The molecule has 228 valence electrons. The van der Waals surface area contributed by atoms with Gasteiger partial charge in [-0.25, -0.2) is 4.98 Å². The number of fused-ring (bicyclic) bond motifs is 2. The maximum atomic E-state index is 4.94. The van der Waals surface area contributed by atoms with Gasteiger partial charge in [0.2, 0.25) is 0 Å². The van der Waals surface area contributed by atoms with Gasteiger partial charge in [-0.15, -0.1) is 0 Å². The lowest BCUT2D eigenvalue weighted by Gasteiger charge is -2.34. The van der Waals surface area contributed by atoms with Gasteiger partial charge in [-0.3, -0.25) is 4.57 Å². The van der Waals surface area contributed by atoms with Gasteiger partial charge in [-0.2, -0.15) is 0 Å². The molecule has 0 spiro atoms. The van der Waals surface area contributed by atoms with E-state index in [9.17, 15) is 0 Å². The van der Waals surface area contributed by atoms with Crippen LogP contribution < -0.4 is 25.6 Å². The van der Waals surface area contributed by atoms with Gasteiger partial charge in [0.25, 0.3) is 0 Å². The number of anilines is 3. The second-order valence-corrected chi connectivity index (χ2v) is 16.2. The quantitative estimate of drug-likeness (QED) is 0.136. The third-order valence-electron chi connectivity index (χ3n) is 9.81. The van der Waals surface area contributed by atoms with E-state index in [1.54, 1.807) is 0 Å². The minimum absolute atomic E-state index is 0.993. The fourth-order valence-electron chi connectivity index (χ4n) is 7.73. The Balaban J connectivity index is 1.22. The Hall–Kier alpha value is -5.97. The zero-order valence-corrected chi connectivity index (χ0v) is 27.7. The van der Waals surface area contributed by atoms with Crippen LogP contribution in [0.5, 0.6) is 0 Å². The molecule has 7 aromatic carbocycles. The summed E-state index contributed by atoms with van der Waals surface area (Å²) in [6, 6.07) is 66.6. The van der Waals surface area contributed by atoms with Crippen LogP contribution in [0, 0.1) is 6.92 Å². The third kappa shape index (κ3) is 4.30. The molecule has 0 unspecified atom stereocenters. The van der Waals surface area contributed by atoms with Crippen LogP contribution in [0.1, 0.15) is 5.82 Å². The molecular weight excluding hydrogens is 599 g/mol. The molecule has 0 amide bonds. The first-order chi connectivity index (χ1) is 23.7. The smallest absolute Gasteiger partial charge is 0.179 e. The third-order valence-corrected chi connectivity index (χ3v) is 14.6. The molecule has 48 heavy (non-hydrogen) atoms. The van der Waals surface area contributed by atoms with Crippen molar-refractivity contribution in [1.82, 2.24) is 9.55 Å². The monoisotopic (exact) mass is 631 g/mol. The largest absolute Gasteiger partial charge is 0.306 e. The molecule has 0 bridgehead atoms. The van der Waals surface area contributed by atoms with Gasteiger partial charge in [0.1, 0.15) is 5.82 Å². The van der Waals surface area contributed by atoms with Crippen molar-refractivity contribution >= 4 is 56.9 Å². The molecule has 8 aromatic rings. The van der Waals surface area contributed by atoms with Crippen LogP contribution in [0.2, 0.25) is 0 Å². The number of rotatable bonds is 6. The van der Waals surface area contributed by atoms with Crippen molar-refractivity contribution in [3.63, 3.8) is 0 Å². The molecular formula is C44H33N3Si. The van der Waals surface area contributed by atoms with Gasteiger partial charge in [0.15, 0.2) is 8.07 Å². The molecule has 0 N–H and O–H groups in total. The van der Waals surface area contributed by atoms with E-state index in [1.807, 2.05) is 0 Å². The predicted octanol–water partition coefficient (Wildman–Crippen LogP) is 8.16. The van der Waals surface area contributed by atoms with E-state index in [0.717, 1.165) is 39.6 Å². The first kappa shape index (κ1) is 28.3. The number of hydrogen-bond donors (Lipinski definition) is 0. The van der Waals surface area contributed by atoms with Gasteiger partial charge in [0, 0.05) is 5.69 Å². The van der Waals surface area contributed by atoms with Crippen LogP contribution >= 0.6 is 0 Å². The number of nitrogens with zero attached hydrogens (tertiary/aromatic N) is 3. The Morgan fingerprint density at radius 3 is 1.54 bits per heavy atom. The van der Waals surface area contributed by atoms with Crippen LogP contribution in [-0.4, -0.2) is 17.6 Å². The average Bonchev–Trinajstić information content (AvgIpc) is 3.50. The summed E-state index contributed by atoms with van der Waals surface area (Å²) in [6.45, 7) is 2.10. The summed E-state index contributed by atoms with van der Waals surface area (Å²) < 4.78 is 2.31. The van der Waals surface area contributed by atoms with E-state index < -0.39 is 8.07 Å². The van der Waals surface area contributed by atoms with Gasteiger partial charge < -0.3 is 4.90 Å². The van der Waals surface area contributed by atoms with E-state index in [2.05, 4.69) is 198 Å². The molecule has 0 atom stereocenters. The van der Waals surface area contributed by atoms with E-state index >= 15 is 0 Å². The maximum absolute atomic E-state index is 4.94. The minimum atomic E-state index is -2.59. The SMILES string of the molecule is Cc1nc2cccc3c2n1-c1ccc(-c2ccc([Si](c4ccccc4)(c4ccccc4)c4ccccc4)cc2)cc1N3c1ccccc1. The number of imidazole rings is 1. The zero-order valence-electron chi connectivity index (χ0n) is 26.7. The maximum Gasteiger partial charge on any atom is 0.179 e. The normalized spacial score (nSPS) is 12.2. The molecule has 0 saturated carbocycles. The van der Waals surface area contributed by atoms with Gasteiger partial charge in [-0.1, -0.05) is 146 Å². The van der Waals surface area contributed by atoms with Crippen LogP contribution in [0.15, 0.2) is 182 Å². The van der Waals surface area contributed by atoms with Crippen molar-refractivity contribution in [3.8, 4) is 16.8 Å². The summed E-state index contributed by atoms with van der Waals surface area (Å²) in [7, 11) is -2.59. The highest BCUT2D eigenvalue weighted by atomic mass is 28.3. The molecule has 9 rings (SSSR count). The topological polar surface area (TPSA) is 21.1 Å². The Kier molecular flexibility index (Phi) is 6.70. The van der Waals surface area contributed by atoms with E-state index in [1.165, 1.54) is 31.9 Å². The second-order valence-electron chi connectivity index (χ2n) is 12.4. The molecule has 0 radical (unpaired) electrons. The summed E-state index contributed by atoms with van der Waals surface area (Å²) in [6.07, 6.45) is 0. The Morgan fingerprint density at radius 1 is 0.438 bits per heavy atom. The lowest BCUT2D eigenvalue weighted by Crippen LogP contribution is -2.74. The zero-order chi connectivity index (χ0) is 32.1. The van der Waals surface area contributed by atoms with E-state index in [4.69, 9.17) is 4.98 Å². The molecule has 0 saturated heterocycles. The van der Waals surface area contributed by atoms with Gasteiger partial charge in [0.05, 0.1) is 28.1 Å². The molecule has 1 aliphatic rings. The Morgan fingerprint density at radius 2 is 0.958 bits per heavy atom. The number of aryl methyl sites for hydroxylation is 1. The average molecular weight is 632 g/mol. The molecule has 0 fully saturated rings. The highest BCUT2D eigenvalue weighted by molar-refractivity contribution is 7.19. The summed E-state index contributed by atoms with van der Waals surface area (Å²) in [5, 5.41) is 5.50. The number of benzene rings is 7.